The number of ether oxygens (including phenoxy) is 1. The molecule has 22 heavy (non-hydrogen) atoms. The zero-order chi connectivity index (χ0) is 15.4. The van der Waals surface area contributed by atoms with E-state index < -0.39 is 5.60 Å². The number of aryl methyl sites for hydroxylation is 1. The maximum Gasteiger partial charge on any atom is 0.103 e. The van der Waals surface area contributed by atoms with E-state index >= 15 is 0 Å². The highest BCUT2D eigenvalue weighted by Gasteiger charge is 2.32. The van der Waals surface area contributed by atoms with Gasteiger partial charge in [-0.05, 0) is 18.1 Å². The van der Waals surface area contributed by atoms with E-state index in [-0.39, 0.29) is 6.04 Å². The van der Waals surface area contributed by atoms with Crippen LogP contribution in [0.4, 0.5) is 0 Å². The lowest BCUT2D eigenvalue weighted by Crippen LogP contribution is -2.42. The van der Waals surface area contributed by atoms with Crippen LogP contribution >= 0.6 is 0 Å². The molecule has 0 amide bonds. The van der Waals surface area contributed by atoms with Crippen molar-refractivity contribution in [2.45, 2.75) is 25.0 Å². The SMILES string of the molecule is Cc1ccc([C@@H](NC[C@]2(O)CCOC2)c2ccccc2)cc1. The molecule has 1 aliphatic heterocycles. The summed E-state index contributed by atoms with van der Waals surface area (Å²) in [6.07, 6.45) is 0.690. The highest BCUT2D eigenvalue weighted by Crippen LogP contribution is 2.24. The second-order valence-corrected chi connectivity index (χ2v) is 6.16. The molecule has 2 N–H and O–H groups in total. The smallest absolute Gasteiger partial charge is 0.103 e. The van der Waals surface area contributed by atoms with Crippen LogP contribution in [0.2, 0.25) is 0 Å². The quantitative estimate of drug-likeness (QED) is 0.891. The van der Waals surface area contributed by atoms with Gasteiger partial charge in [0.15, 0.2) is 0 Å². The predicted molar refractivity (Wildman–Crippen MR) is 87.9 cm³/mol. The van der Waals surface area contributed by atoms with E-state index in [1.807, 2.05) is 18.2 Å². The molecule has 116 valence electrons. The molecule has 0 radical (unpaired) electrons. The minimum absolute atomic E-state index is 0.0754. The van der Waals surface area contributed by atoms with Crippen LogP contribution in [0.25, 0.3) is 0 Å². The summed E-state index contributed by atoms with van der Waals surface area (Å²) < 4.78 is 5.33. The van der Waals surface area contributed by atoms with E-state index in [1.54, 1.807) is 0 Å². The Morgan fingerprint density at radius 1 is 1.09 bits per heavy atom. The highest BCUT2D eigenvalue weighted by molar-refractivity contribution is 5.33. The van der Waals surface area contributed by atoms with Crippen molar-refractivity contribution in [3.05, 3.63) is 71.3 Å². The second kappa shape index (κ2) is 6.61. The van der Waals surface area contributed by atoms with Gasteiger partial charge >= 0.3 is 0 Å². The first-order chi connectivity index (χ1) is 10.7. The van der Waals surface area contributed by atoms with Crippen LogP contribution in [-0.2, 0) is 4.74 Å². The number of rotatable bonds is 5. The maximum atomic E-state index is 10.5. The van der Waals surface area contributed by atoms with Crippen LogP contribution in [0.3, 0.4) is 0 Å². The Labute approximate surface area is 131 Å². The maximum absolute atomic E-state index is 10.5. The van der Waals surface area contributed by atoms with Gasteiger partial charge < -0.3 is 15.2 Å². The van der Waals surface area contributed by atoms with Crippen LogP contribution in [-0.4, -0.2) is 30.5 Å². The van der Waals surface area contributed by atoms with Crippen molar-refractivity contribution in [1.82, 2.24) is 5.32 Å². The largest absolute Gasteiger partial charge is 0.386 e. The van der Waals surface area contributed by atoms with Crippen molar-refractivity contribution < 1.29 is 9.84 Å². The van der Waals surface area contributed by atoms with Gasteiger partial charge in [-0.25, -0.2) is 0 Å². The van der Waals surface area contributed by atoms with Crippen LogP contribution in [0.15, 0.2) is 54.6 Å². The molecule has 2 aromatic rings. The van der Waals surface area contributed by atoms with Crippen molar-refractivity contribution >= 4 is 0 Å². The number of nitrogens with one attached hydrogen (secondary N) is 1. The van der Waals surface area contributed by atoms with Crippen molar-refractivity contribution in [2.75, 3.05) is 19.8 Å². The monoisotopic (exact) mass is 297 g/mol. The van der Waals surface area contributed by atoms with Crippen molar-refractivity contribution in [2.24, 2.45) is 0 Å². The van der Waals surface area contributed by atoms with Crippen molar-refractivity contribution in [3.8, 4) is 0 Å². The summed E-state index contributed by atoms with van der Waals surface area (Å²) in [5, 5.41) is 14.0. The Morgan fingerprint density at radius 2 is 1.77 bits per heavy atom. The molecule has 1 fully saturated rings. The topological polar surface area (TPSA) is 41.5 Å². The average molecular weight is 297 g/mol. The standard InChI is InChI=1S/C19H23NO2/c1-15-7-9-17(10-8-15)18(16-5-3-2-4-6-16)20-13-19(21)11-12-22-14-19/h2-10,18,20-21H,11-14H2,1H3/t18-,19+/m0/s1. The van der Waals surface area contributed by atoms with E-state index in [2.05, 4.69) is 48.6 Å². The van der Waals surface area contributed by atoms with Crippen LogP contribution in [0.1, 0.15) is 29.2 Å². The molecule has 3 heteroatoms. The van der Waals surface area contributed by atoms with Gasteiger partial charge in [0, 0.05) is 19.6 Å². The molecule has 0 unspecified atom stereocenters. The van der Waals surface area contributed by atoms with Crippen molar-refractivity contribution in [1.29, 1.82) is 0 Å². The predicted octanol–water partition coefficient (Wildman–Crippen LogP) is 2.83. The summed E-state index contributed by atoms with van der Waals surface area (Å²) in [5.74, 6) is 0. The van der Waals surface area contributed by atoms with Gasteiger partial charge in [-0.3, -0.25) is 0 Å². The molecule has 1 saturated heterocycles. The van der Waals surface area contributed by atoms with E-state index in [0.29, 0.717) is 26.2 Å². The molecule has 1 aliphatic rings. The summed E-state index contributed by atoms with van der Waals surface area (Å²) in [6.45, 7) is 3.67. The molecule has 0 saturated carbocycles. The number of hydrogen-bond donors (Lipinski definition) is 2. The summed E-state index contributed by atoms with van der Waals surface area (Å²) in [7, 11) is 0. The summed E-state index contributed by atoms with van der Waals surface area (Å²) in [6, 6.07) is 19.0. The Morgan fingerprint density at radius 3 is 2.41 bits per heavy atom. The van der Waals surface area contributed by atoms with E-state index in [4.69, 9.17) is 4.74 Å². The fraction of sp³-hybridized carbons (Fsp3) is 0.368. The number of benzene rings is 2. The third-order valence-corrected chi connectivity index (χ3v) is 4.26. The normalized spacial score (nSPS) is 22.6. The third kappa shape index (κ3) is 3.55. The number of aliphatic hydroxyl groups is 1. The molecule has 1 heterocycles. The minimum Gasteiger partial charge on any atom is -0.386 e. The van der Waals surface area contributed by atoms with Crippen LogP contribution < -0.4 is 5.32 Å². The van der Waals surface area contributed by atoms with Gasteiger partial charge in [-0.15, -0.1) is 0 Å². The Hall–Kier alpha value is -1.68. The van der Waals surface area contributed by atoms with E-state index in [1.165, 1.54) is 16.7 Å². The van der Waals surface area contributed by atoms with E-state index in [0.717, 1.165) is 0 Å². The number of hydrogen-bond acceptors (Lipinski definition) is 3. The van der Waals surface area contributed by atoms with Gasteiger partial charge in [0.2, 0.25) is 0 Å². The Kier molecular flexibility index (Phi) is 4.57. The van der Waals surface area contributed by atoms with Crippen LogP contribution in [0, 0.1) is 6.92 Å². The first-order valence-corrected chi connectivity index (χ1v) is 7.81. The minimum atomic E-state index is -0.752. The molecule has 3 nitrogen and oxygen atoms in total. The summed E-state index contributed by atoms with van der Waals surface area (Å²) >= 11 is 0. The molecule has 0 aliphatic carbocycles. The lowest BCUT2D eigenvalue weighted by atomic mass is 9.96. The van der Waals surface area contributed by atoms with Crippen LogP contribution in [0.5, 0.6) is 0 Å². The zero-order valence-electron chi connectivity index (χ0n) is 13.0. The highest BCUT2D eigenvalue weighted by atomic mass is 16.5. The molecular weight excluding hydrogens is 274 g/mol. The molecular formula is C19H23NO2. The molecule has 2 atom stereocenters. The lowest BCUT2D eigenvalue weighted by Gasteiger charge is -2.26. The Bertz CT molecular complexity index is 589. The van der Waals surface area contributed by atoms with Crippen molar-refractivity contribution in [3.63, 3.8) is 0 Å². The first kappa shape index (κ1) is 15.2. The van der Waals surface area contributed by atoms with Gasteiger partial charge in [0.25, 0.3) is 0 Å². The molecule has 0 bridgehead atoms. The van der Waals surface area contributed by atoms with Gasteiger partial charge in [0.05, 0.1) is 12.6 Å². The average Bonchev–Trinajstić information content (AvgIpc) is 2.97. The summed E-state index contributed by atoms with van der Waals surface area (Å²) in [5.41, 5.74) is 2.91. The van der Waals surface area contributed by atoms with Gasteiger partial charge in [-0.2, -0.15) is 0 Å². The fourth-order valence-electron chi connectivity index (χ4n) is 2.86. The second-order valence-electron chi connectivity index (χ2n) is 6.16. The molecule has 0 aromatic heterocycles. The molecule has 0 spiro atoms. The zero-order valence-corrected chi connectivity index (χ0v) is 13.0. The van der Waals surface area contributed by atoms with Gasteiger partial charge in [0.1, 0.15) is 5.60 Å². The first-order valence-electron chi connectivity index (χ1n) is 7.81. The van der Waals surface area contributed by atoms with E-state index in [9.17, 15) is 5.11 Å². The fourth-order valence-corrected chi connectivity index (χ4v) is 2.86. The third-order valence-electron chi connectivity index (χ3n) is 4.26. The molecule has 3 rings (SSSR count). The summed E-state index contributed by atoms with van der Waals surface area (Å²) in [4.78, 5) is 0. The Balaban J connectivity index is 1.81. The van der Waals surface area contributed by atoms with Gasteiger partial charge in [-0.1, -0.05) is 60.2 Å². The lowest BCUT2D eigenvalue weighted by molar-refractivity contribution is 0.0257. The molecule has 2 aromatic carbocycles.